The summed E-state index contributed by atoms with van der Waals surface area (Å²) in [6.07, 6.45) is 3.41. The van der Waals surface area contributed by atoms with Crippen molar-refractivity contribution in [3.8, 4) is 0 Å². The molecular weight excluding hydrogens is 368 g/mol. The van der Waals surface area contributed by atoms with Crippen LogP contribution in [0, 0.1) is 11.8 Å². The number of aromatic nitrogens is 6. The SMILES string of the molecule is CC(C)c1cc(N2CC3CN(c4nc5nn(C)cc5c(=O)n4C)CC3C2)ncn1. The molecule has 29 heavy (non-hydrogen) atoms. The van der Waals surface area contributed by atoms with Gasteiger partial charge in [-0.2, -0.15) is 10.1 Å². The van der Waals surface area contributed by atoms with E-state index in [4.69, 9.17) is 4.98 Å². The van der Waals surface area contributed by atoms with Crippen LogP contribution in [-0.4, -0.2) is 55.5 Å². The van der Waals surface area contributed by atoms with E-state index in [1.807, 2.05) is 7.05 Å². The lowest BCUT2D eigenvalue weighted by molar-refractivity contribution is 0.533. The first-order valence-corrected chi connectivity index (χ1v) is 10.1. The maximum absolute atomic E-state index is 12.7. The molecule has 2 unspecified atom stereocenters. The highest BCUT2D eigenvalue weighted by Gasteiger charge is 2.41. The number of anilines is 2. The zero-order valence-corrected chi connectivity index (χ0v) is 17.3. The van der Waals surface area contributed by atoms with Gasteiger partial charge in [-0.25, -0.2) is 9.97 Å². The van der Waals surface area contributed by atoms with Crippen LogP contribution in [0.2, 0.25) is 0 Å². The van der Waals surface area contributed by atoms with E-state index in [1.54, 1.807) is 28.8 Å². The molecule has 9 nitrogen and oxygen atoms in total. The van der Waals surface area contributed by atoms with Crippen molar-refractivity contribution in [2.24, 2.45) is 25.9 Å². The summed E-state index contributed by atoms with van der Waals surface area (Å²) in [6.45, 7) is 8.02. The van der Waals surface area contributed by atoms with E-state index in [2.05, 4.69) is 44.8 Å². The van der Waals surface area contributed by atoms with Crippen LogP contribution in [0.4, 0.5) is 11.8 Å². The van der Waals surface area contributed by atoms with Crippen LogP contribution < -0.4 is 15.4 Å². The first-order valence-electron chi connectivity index (χ1n) is 10.1. The van der Waals surface area contributed by atoms with E-state index in [-0.39, 0.29) is 5.56 Å². The normalized spacial score (nSPS) is 21.6. The highest BCUT2D eigenvalue weighted by atomic mass is 16.1. The van der Waals surface area contributed by atoms with Crippen LogP contribution in [0.25, 0.3) is 11.0 Å². The number of hydrogen-bond acceptors (Lipinski definition) is 7. The fourth-order valence-corrected chi connectivity index (χ4v) is 4.63. The average molecular weight is 394 g/mol. The van der Waals surface area contributed by atoms with Crippen molar-refractivity contribution in [1.29, 1.82) is 0 Å². The summed E-state index contributed by atoms with van der Waals surface area (Å²) < 4.78 is 3.30. The second-order valence-electron chi connectivity index (χ2n) is 8.60. The van der Waals surface area contributed by atoms with Crippen molar-refractivity contribution >= 4 is 22.8 Å². The number of hydrogen-bond donors (Lipinski definition) is 0. The van der Waals surface area contributed by atoms with Gasteiger partial charge in [0.15, 0.2) is 5.65 Å². The van der Waals surface area contributed by atoms with Crippen LogP contribution in [0.15, 0.2) is 23.4 Å². The van der Waals surface area contributed by atoms with Crippen molar-refractivity contribution in [3.63, 3.8) is 0 Å². The van der Waals surface area contributed by atoms with E-state index in [0.29, 0.717) is 34.7 Å². The topological polar surface area (TPSA) is 85.0 Å². The van der Waals surface area contributed by atoms with Crippen LogP contribution in [0.3, 0.4) is 0 Å². The van der Waals surface area contributed by atoms with Gasteiger partial charge in [-0.15, -0.1) is 0 Å². The van der Waals surface area contributed by atoms with Gasteiger partial charge >= 0.3 is 0 Å². The Morgan fingerprint density at radius 1 is 1.03 bits per heavy atom. The van der Waals surface area contributed by atoms with Gasteiger partial charge in [0, 0.05) is 70.1 Å². The molecule has 0 spiro atoms. The Labute approximate surface area is 169 Å². The summed E-state index contributed by atoms with van der Waals surface area (Å²) in [5, 5.41) is 4.90. The van der Waals surface area contributed by atoms with Gasteiger partial charge in [0.1, 0.15) is 17.5 Å². The lowest BCUT2D eigenvalue weighted by Gasteiger charge is -2.24. The molecule has 2 aliphatic rings. The van der Waals surface area contributed by atoms with Crippen molar-refractivity contribution in [2.75, 3.05) is 36.0 Å². The zero-order valence-electron chi connectivity index (χ0n) is 17.3. The second-order valence-corrected chi connectivity index (χ2v) is 8.60. The summed E-state index contributed by atoms with van der Waals surface area (Å²) in [6, 6.07) is 2.11. The van der Waals surface area contributed by atoms with Crippen LogP contribution in [0.1, 0.15) is 25.5 Å². The summed E-state index contributed by atoms with van der Waals surface area (Å²) in [4.78, 5) is 30.9. The minimum atomic E-state index is -0.0426. The third kappa shape index (κ3) is 2.95. The van der Waals surface area contributed by atoms with Crippen molar-refractivity contribution in [2.45, 2.75) is 19.8 Å². The summed E-state index contributed by atoms with van der Waals surface area (Å²) in [5.41, 5.74) is 1.56. The Bertz CT molecular complexity index is 1120. The molecule has 2 fully saturated rings. The van der Waals surface area contributed by atoms with Gasteiger partial charge in [0.05, 0.1) is 0 Å². The van der Waals surface area contributed by atoms with E-state index >= 15 is 0 Å². The van der Waals surface area contributed by atoms with Gasteiger partial charge in [-0.1, -0.05) is 13.8 Å². The van der Waals surface area contributed by atoms with E-state index in [9.17, 15) is 4.79 Å². The van der Waals surface area contributed by atoms with Crippen molar-refractivity contribution in [1.82, 2.24) is 29.3 Å². The van der Waals surface area contributed by atoms with Crippen LogP contribution in [0.5, 0.6) is 0 Å². The molecule has 2 saturated heterocycles. The van der Waals surface area contributed by atoms with Crippen molar-refractivity contribution < 1.29 is 0 Å². The molecule has 0 amide bonds. The molecule has 5 heterocycles. The zero-order chi connectivity index (χ0) is 20.3. The third-order valence-corrected chi connectivity index (χ3v) is 6.21. The molecule has 2 atom stereocenters. The molecule has 5 rings (SSSR count). The van der Waals surface area contributed by atoms with Crippen LogP contribution >= 0.6 is 0 Å². The molecule has 0 aromatic carbocycles. The number of rotatable bonds is 3. The van der Waals surface area contributed by atoms with Gasteiger partial charge in [0.25, 0.3) is 5.56 Å². The third-order valence-electron chi connectivity index (χ3n) is 6.21. The fraction of sp³-hybridized carbons (Fsp3) is 0.550. The summed E-state index contributed by atoms with van der Waals surface area (Å²) in [5.74, 6) is 3.19. The Kier molecular flexibility index (Phi) is 4.07. The van der Waals surface area contributed by atoms with Gasteiger partial charge in [0.2, 0.25) is 5.95 Å². The average Bonchev–Trinajstić information content (AvgIpc) is 3.37. The van der Waals surface area contributed by atoms with E-state index in [1.165, 1.54) is 0 Å². The summed E-state index contributed by atoms with van der Waals surface area (Å²) in [7, 11) is 3.61. The maximum Gasteiger partial charge on any atom is 0.265 e. The highest BCUT2D eigenvalue weighted by molar-refractivity contribution is 5.74. The molecule has 3 aromatic heterocycles. The molecule has 0 aliphatic carbocycles. The standard InChI is InChI=1S/C20H26N8O/c1-12(2)16-5-17(22-11-21-16)27-6-13-8-28(9-14(13)7-27)20-23-18-15(10-25(3)24-18)19(29)26(20)4/h5,10-14H,6-9H2,1-4H3. The second kappa shape index (κ2) is 6.53. The summed E-state index contributed by atoms with van der Waals surface area (Å²) >= 11 is 0. The molecule has 3 aromatic rings. The Morgan fingerprint density at radius 2 is 1.72 bits per heavy atom. The van der Waals surface area contributed by atoms with Crippen LogP contribution in [-0.2, 0) is 14.1 Å². The molecular formula is C20H26N8O. The molecule has 9 heteroatoms. The molecule has 152 valence electrons. The smallest absolute Gasteiger partial charge is 0.265 e. The maximum atomic E-state index is 12.7. The van der Waals surface area contributed by atoms with Crippen molar-refractivity contribution in [3.05, 3.63) is 34.6 Å². The number of fused-ring (bicyclic) bond motifs is 2. The highest BCUT2D eigenvalue weighted by Crippen LogP contribution is 2.35. The Morgan fingerprint density at radius 3 is 2.41 bits per heavy atom. The van der Waals surface area contributed by atoms with E-state index in [0.717, 1.165) is 37.7 Å². The number of nitrogens with zero attached hydrogens (tertiary/aromatic N) is 8. The molecule has 0 saturated carbocycles. The van der Waals surface area contributed by atoms with Gasteiger partial charge < -0.3 is 9.80 Å². The van der Waals surface area contributed by atoms with Gasteiger partial charge in [-0.05, 0) is 5.92 Å². The molecule has 0 N–H and O–H groups in total. The predicted octanol–water partition coefficient (Wildman–Crippen LogP) is 1.15. The monoisotopic (exact) mass is 394 g/mol. The predicted molar refractivity (Wildman–Crippen MR) is 111 cm³/mol. The Hall–Kier alpha value is -2.97. The minimum absolute atomic E-state index is 0.0426. The minimum Gasteiger partial charge on any atom is -0.356 e. The number of aryl methyl sites for hydroxylation is 1. The quantitative estimate of drug-likeness (QED) is 0.659. The van der Waals surface area contributed by atoms with Gasteiger partial charge in [-0.3, -0.25) is 14.0 Å². The van der Waals surface area contributed by atoms with E-state index < -0.39 is 0 Å². The fourth-order valence-electron chi connectivity index (χ4n) is 4.63. The Balaban J connectivity index is 1.37. The molecule has 0 bridgehead atoms. The first kappa shape index (κ1) is 18.1. The first-order chi connectivity index (χ1) is 13.9. The molecule has 2 aliphatic heterocycles. The lowest BCUT2D eigenvalue weighted by atomic mass is 10.0. The molecule has 0 radical (unpaired) electrons. The lowest BCUT2D eigenvalue weighted by Crippen LogP contribution is -2.33. The largest absolute Gasteiger partial charge is 0.356 e.